The van der Waals surface area contributed by atoms with Crippen molar-refractivity contribution in [3.05, 3.63) is 0 Å². The fourth-order valence-electron chi connectivity index (χ4n) is 2.99. The van der Waals surface area contributed by atoms with Crippen molar-refractivity contribution < 1.29 is 9.59 Å². The first kappa shape index (κ1) is 16.6. The highest BCUT2D eigenvalue weighted by atomic mass is 32.2. The second-order valence-electron chi connectivity index (χ2n) is 6.05. The molecule has 0 spiro atoms. The predicted octanol–water partition coefficient (Wildman–Crippen LogP) is 0.941. The standard InChI is InChI=1S/C15H27N3O2S/c1-4-12-13(19)16-15(3,5-2)14(20)18(12)7-6-17-8-10-21-11-9-17/h12H,4-11H2,1-3H3,(H,16,19). The fourth-order valence-corrected chi connectivity index (χ4v) is 3.96. The minimum Gasteiger partial charge on any atom is -0.340 e. The molecule has 2 aliphatic heterocycles. The highest BCUT2D eigenvalue weighted by Crippen LogP contribution is 2.23. The molecule has 0 bridgehead atoms. The van der Waals surface area contributed by atoms with Gasteiger partial charge in [-0.25, -0.2) is 0 Å². The van der Waals surface area contributed by atoms with Gasteiger partial charge in [0.15, 0.2) is 0 Å². The summed E-state index contributed by atoms with van der Waals surface area (Å²) >= 11 is 1.98. The van der Waals surface area contributed by atoms with Crippen molar-refractivity contribution >= 4 is 23.6 Å². The summed E-state index contributed by atoms with van der Waals surface area (Å²) in [6.07, 6.45) is 1.30. The Bertz CT molecular complexity index is 398. The first-order chi connectivity index (χ1) is 10.0. The Labute approximate surface area is 131 Å². The van der Waals surface area contributed by atoms with Crippen LogP contribution in [0, 0.1) is 0 Å². The van der Waals surface area contributed by atoms with Crippen LogP contribution in [-0.4, -0.2) is 70.9 Å². The Balaban J connectivity index is 2.04. The lowest BCUT2D eigenvalue weighted by molar-refractivity contribution is -0.154. The third kappa shape index (κ3) is 3.54. The Morgan fingerprint density at radius 3 is 2.48 bits per heavy atom. The van der Waals surface area contributed by atoms with E-state index in [1.54, 1.807) is 0 Å². The number of amides is 2. The van der Waals surface area contributed by atoms with Crippen LogP contribution in [-0.2, 0) is 9.59 Å². The zero-order valence-corrected chi connectivity index (χ0v) is 14.2. The molecule has 2 unspecified atom stereocenters. The highest BCUT2D eigenvalue weighted by Gasteiger charge is 2.46. The minimum absolute atomic E-state index is 0.00403. The summed E-state index contributed by atoms with van der Waals surface area (Å²) in [6.45, 7) is 9.45. The molecule has 2 rings (SSSR count). The number of piperazine rings is 1. The smallest absolute Gasteiger partial charge is 0.248 e. The van der Waals surface area contributed by atoms with Crippen molar-refractivity contribution in [3.63, 3.8) is 0 Å². The first-order valence-electron chi connectivity index (χ1n) is 7.95. The third-order valence-corrected chi connectivity index (χ3v) is 5.61. The molecular formula is C15H27N3O2S. The van der Waals surface area contributed by atoms with Gasteiger partial charge in [0.25, 0.3) is 0 Å². The van der Waals surface area contributed by atoms with E-state index in [9.17, 15) is 9.59 Å². The van der Waals surface area contributed by atoms with Gasteiger partial charge in [-0.2, -0.15) is 11.8 Å². The molecule has 0 aliphatic carbocycles. The molecule has 5 nitrogen and oxygen atoms in total. The topological polar surface area (TPSA) is 52.7 Å². The monoisotopic (exact) mass is 313 g/mol. The first-order valence-corrected chi connectivity index (χ1v) is 9.10. The van der Waals surface area contributed by atoms with Gasteiger partial charge in [-0.15, -0.1) is 0 Å². The minimum atomic E-state index is -0.736. The lowest BCUT2D eigenvalue weighted by atomic mass is 9.91. The van der Waals surface area contributed by atoms with Crippen LogP contribution in [0.2, 0.25) is 0 Å². The van der Waals surface area contributed by atoms with Crippen LogP contribution in [0.3, 0.4) is 0 Å². The van der Waals surface area contributed by atoms with Gasteiger partial charge in [0.2, 0.25) is 11.8 Å². The number of hydrogen-bond acceptors (Lipinski definition) is 4. The van der Waals surface area contributed by atoms with Crippen molar-refractivity contribution in [2.75, 3.05) is 37.7 Å². The van der Waals surface area contributed by atoms with E-state index >= 15 is 0 Å². The summed E-state index contributed by atoms with van der Waals surface area (Å²) < 4.78 is 0. The second kappa shape index (κ2) is 7.01. The number of carbonyl (C=O) groups excluding carboxylic acids is 2. The summed E-state index contributed by atoms with van der Waals surface area (Å²) in [5.41, 5.74) is -0.736. The molecule has 21 heavy (non-hydrogen) atoms. The molecule has 6 heteroatoms. The Morgan fingerprint density at radius 1 is 1.24 bits per heavy atom. The van der Waals surface area contributed by atoms with E-state index in [4.69, 9.17) is 0 Å². The molecule has 0 aromatic rings. The van der Waals surface area contributed by atoms with Crippen LogP contribution in [0.25, 0.3) is 0 Å². The van der Waals surface area contributed by atoms with E-state index in [0.29, 0.717) is 19.4 Å². The normalized spacial score (nSPS) is 31.4. The number of thioether (sulfide) groups is 1. The average Bonchev–Trinajstić information content (AvgIpc) is 2.50. The maximum absolute atomic E-state index is 12.8. The Kier molecular flexibility index (Phi) is 5.54. The average molecular weight is 313 g/mol. The third-order valence-electron chi connectivity index (χ3n) is 4.67. The van der Waals surface area contributed by atoms with Crippen molar-refractivity contribution in [2.24, 2.45) is 0 Å². The van der Waals surface area contributed by atoms with Gasteiger partial charge in [-0.1, -0.05) is 13.8 Å². The molecule has 0 saturated carbocycles. The van der Waals surface area contributed by atoms with E-state index < -0.39 is 5.54 Å². The molecule has 120 valence electrons. The zero-order chi connectivity index (χ0) is 15.5. The largest absolute Gasteiger partial charge is 0.340 e. The van der Waals surface area contributed by atoms with Gasteiger partial charge in [0, 0.05) is 37.7 Å². The van der Waals surface area contributed by atoms with Crippen LogP contribution < -0.4 is 5.32 Å². The Hall–Kier alpha value is -0.750. The fraction of sp³-hybridized carbons (Fsp3) is 0.867. The van der Waals surface area contributed by atoms with Crippen LogP contribution in [0.1, 0.15) is 33.6 Å². The van der Waals surface area contributed by atoms with Crippen molar-refractivity contribution in [3.8, 4) is 0 Å². The van der Waals surface area contributed by atoms with E-state index in [-0.39, 0.29) is 17.9 Å². The predicted molar refractivity (Wildman–Crippen MR) is 86.4 cm³/mol. The number of hydrogen-bond donors (Lipinski definition) is 1. The van der Waals surface area contributed by atoms with Gasteiger partial charge in [-0.3, -0.25) is 14.5 Å². The summed E-state index contributed by atoms with van der Waals surface area (Å²) in [7, 11) is 0. The quantitative estimate of drug-likeness (QED) is 0.821. The molecule has 1 N–H and O–H groups in total. The molecule has 0 radical (unpaired) electrons. The lowest BCUT2D eigenvalue weighted by Gasteiger charge is -2.44. The second-order valence-corrected chi connectivity index (χ2v) is 7.28. The summed E-state index contributed by atoms with van der Waals surface area (Å²) in [5.74, 6) is 2.40. The number of carbonyl (C=O) groups is 2. The molecule has 0 aromatic heterocycles. The van der Waals surface area contributed by atoms with Crippen molar-refractivity contribution in [1.29, 1.82) is 0 Å². The van der Waals surface area contributed by atoms with Crippen LogP contribution >= 0.6 is 11.8 Å². The maximum Gasteiger partial charge on any atom is 0.248 e. The van der Waals surface area contributed by atoms with Gasteiger partial charge in [-0.05, 0) is 19.8 Å². The van der Waals surface area contributed by atoms with Gasteiger partial charge in [0.05, 0.1) is 0 Å². The molecule has 0 aromatic carbocycles. The SMILES string of the molecule is CCC1C(=O)NC(C)(CC)C(=O)N1CCN1CCSCC1. The Morgan fingerprint density at radius 2 is 1.90 bits per heavy atom. The molecule has 2 saturated heterocycles. The highest BCUT2D eigenvalue weighted by molar-refractivity contribution is 7.99. The van der Waals surface area contributed by atoms with Crippen LogP contribution in [0.5, 0.6) is 0 Å². The molecule has 2 amide bonds. The number of nitrogens with zero attached hydrogens (tertiary/aromatic N) is 2. The molecule has 2 aliphatic rings. The van der Waals surface area contributed by atoms with Crippen LogP contribution in [0.4, 0.5) is 0 Å². The number of rotatable bonds is 5. The van der Waals surface area contributed by atoms with Gasteiger partial charge < -0.3 is 10.2 Å². The van der Waals surface area contributed by atoms with Crippen molar-refractivity contribution in [1.82, 2.24) is 15.1 Å². The van der Waals surface area contributed by atoms with Crippen molar-refractivity contribution in [2.45, 2.75) is 45.2 Å². The molecular weight excluding hydrogens is 286 g/mol. The zero-order valence-electron chi connectivity index (χ0n) is 13.4. The molecule has 2 heterocycles. The summed E-state index contributed by atoms with van der Waals surface area (Å²) in [5, 5.41) is 2.91. The van der Waals surface area contributed by atoms with E-state index in [1.807, 2.05) is 37.4 Å². The lowest BCUT2D eigenvalue weighted by Crippen LogP contribution is -2.69. The summed E-state index contributed by atoms with van der Waals surface area (Å²) in [6, 6.07) is -0.309. The van der Waals surface area contributed by atoms with Crippen LogP contribution in [0.15, 0.2) is 0 Å². The van der Waals surface area contributed by atoms with E-state index in [0.717, 1.165) is 31.1 Å². The van der Waals surface area contributed by atoms with E-state index in [1.165, 1.54) is 0 Å². The summed E-state index contributed by atoms with van der Waals surface area (Å²) in [4.78, 5) is 29.2. The van der Waals surface area contributed by atoms with Gasteiger partial charge >= 0.3 is 0 Å². The van der Waals surface area contributed by atoms with Gasteiger partial charge in [0.1, 0.15) is 11.6 Å². The molecule has 2 fully saturated rings. The number of nitrogens with one attached hydrogen (secondary N) is 1. The van der Waals surface area contributed by atoms with E-state index in [2.05, 4.69) is 10.2 Å². The molecule has 2 atom stereocenters. The maximum atomic E-state index is 12.8.